The molecule has 4 nitrogen and oxygen atoms in total. The zero-order valence-electron chi connectivity index (χ0n) is 10.6. The van der Waals surface area contributed by atoms with Crippen molar-refractivity contribution in [3.05, 3.63) is 23.9 Å². The van der Waals surface area contributed by atoms with Gasteiger partial charge in [0.25, 0.3) is 0 Å². The van der Waals surface area contributed by atoms with Crippen LogP contribution in [-0.4, -0.2) is 43.7 Å². The van der Waals surface area contributed by atoms with Crippen LogP contribution >= 0.6 is 0 Å². The number of pyridine rings is 1. The molecule has 1 aliphatic heterocycles. The number of rotatable bonds is 5. The van der Waals surface area contributed by atoms with Gasteiger partial charge in [0.15, 0.2) is 0 Å². The van der Waals surface area contributed by atoms with Gasteiger partial charge in [-0.15, -0.1) is 0 Å². The van der Waals surface area contributed by atoms with Crippen molar-refractivity contribution in [3.8, 4) is 5.88 Å². The van der Waals surface area contributed by atoms with Crippen molar-refractivity contribution in [2.24, 2.45) is 5.92 Å². The monoisotopic (exact) mass is 235 g/mol. The zero-order valence-corrected chi connectivity index (χ0v) is 10.6. The van der Waals surface area contributed by atoms with Crippen LogP contribution in [0.2, 0.25) is 0 Å². The Balaban J connectivity index is 1.78. The zero-order chi connectivity index (χ0) is 12.1. The molecule has 0 radical (unpaired) electrons. The molecule has 1 atom stereocenters. The molecule has 0 aliphatic carbocycles. The van der Waals surface area contributed by atoms with Crippen molar-refractivity contribution in [3.63, 3.8) is 0 Å². The normalized spacial score (nSPS) is 20.7. The summed E-state index contributed by atoms with van der Waals surface area (Å²) in [4.78, 5) is 6.58. The molecule has 94 valence electrons. The fourth-order valence-electron chi connectivity index (χ4n) is 2.35. The fraction of sp³-hybridized carbons (Fsp3) is 0.615. The van der Waals surface area contributed by atoms with E-state index in [0.29, 0.717) is 0 Å². The maximum atomic E-state index is 5.23. The lowest BCUT2D eigenvalue weighted by molar-refractivity contribution is 0.381. The number of nitrogens with one attached hydrogen (secondary N) is 1. The third-order valence-electron chi connectivity index (χ3n) is 3.28. The molecule has 1 fully saturated rings. The van der Waals surface area contributed by atoms with Crippen molar-refractivity contribution >= 4 is 0 Å². The number of hydrogen-bond acceptors (Lipinski definition) is 4. The third-order valence-corrected chi connectivity index (χ3v) is 3.28. The van der Waals surface area contributed by atoms with E-state index in [1.165, 1.54) is 19.5 Å². The van der Waals surface area contributed by atoms with Gasteiger partial charge in [-0.1, -0.05) is 6.07 Å². The van der Waals surface area contributed by atoms with Crippen molar-refractivity contribution in [2.75, 3.05) is 33.8 Å². The maximum absolute atomic E-state index is 5.23. The Bertz CT molecular complexity index is 356. The fourth-order valence-corrected chi connectivity index (χ4v) is 2.35. The summed E-state index contributed by atoms with van der Waals surface area (Å²) in [5.74, 6) is 1.51. The van der Waals surface area contributed by atoms with E-state index in [1.54, 1.807) is 13.3 Å². The van der Waals surface area contributed by atoms with E-state index in [9.17, 15) is 0 Å². The first-order valence-corrected chi connectivity index (χ1v) is 6.16. The first kappa shape index (κ1) is 12.3. The minimum absolute atomic E-state index is 0.725. The predicted molar refractivity (Wildman–Crippen MR) is 68.1 cm³/mol. The third kappa shape index (κ3) is 3.41. The Morgan fingerprint density at radius 3 is 3.18 bits per heavy atom. The molecular formula is C13H21N3O. The van der Waals surface area contributed by atoms with Gasteiger partial charge in [0.2, 0.25) is 5.88 Å². The summed E-state index contributed by atoms with van der Waals surface area (Å²) < 4.78 is 5.23. The Morgan fingerprint density at radius 2 is 2.47 bits per heavy atom. The van der Waals surface area contributed by atoms with Gasteiger partial charge in [-0.25, -0.2) is 4.98 Å². The first-order chi connectivity index (χ1) is 8.29. The SMILES string of the molecule is COc1ncccc1CNCC1CCN(C)C1. The number of likely N-dealkylation sites (tertiary alicyclic amines) is 1. The molecule has 0 amide bonds. The molecule has 2 heterocycles. The number of ether oxygens (including phenoxy) is 1. The highest BCUT2D eigenvalue weighted by Gasteiger charge is 2.18. The standard InChI is InChI=1S/C13H21N3O/c1-16-7-5-11(10-16)8-14-9-12-4-3-6-15-13(12)17-2/h3-4,6,11,14H,5,7-10H2,1-2H3. The average molecular weight is 235 g/mol. The second-order valence-electron chi connectivity index (χ2n) is 4.72. The van der Waals surface area contributed by atoms with Crippen molar-refractivity contribution in [1.29, 1.82) is 0 Å². The topological polar surface area (TPSA) is 37.4 Å². The van der Waals surface area contributed by atoms with Gasteiger partial charge in [0.1, 0.15) is 0 Å². The summed E-state index contributed by atoms with van der Waals surface area (Å²) in [6.45, 7) is 4.33. The van der Waals surface area contributed by atoms with Gasteiger partial charge in [0.05, 0.1) is 7.11 Å². The van der Waals surface area contributed by atoms with Gasteiger partial charge >= 0.3 is 0 Å². The molecular weight excluding hydrogens is 214 g/mol. The molecule has 4 heteroatoms. The summed E-state index contributed by atoms with van der Waals surface area (Å²) >= 11 is 0. The van der Waals surface area contributed by atoms with Crippen LogP contribution in [0.4, 0.5) is 0 Å². The molecule has 17 heavy (non-hydrogen) atoms. The van der Waals surface area contributed by atoms with Gasteiger partial charge in [-0.2, -0.15) is 0 Å². The summed E-state index contributed by atoms with van der Waals surface area (Å²) in [6.07, 6.45) is 3.06. The lowest BCUT2D eigenvalue weighted by Crippen LogP contribution is -2.24. The minimum atomic E-state index is 0.725. The number of aromatic nitrogens is 1. The molecule has 0 aromatic carbocycles. The highest BCUT2D eigenvalue weighted by molar-refractivity contribution is 5.24. The Hall–Kier alpha value is -1.13. The van der Waals surface area contributed by atoms with Gasteiger partial charge < -0.3 is 15.0 Å². The van der Waals surface area contributed by atoms with E-state index in [4.69, 9.17) is 4.74 Å². The summed E-state index contributed by atoms with van der Waals surface area (Å²) in [6, 6.07) is 4.00. The van der Waals surface area contributed by atoms with E-state index in [0.717, 1.165) is 30.5 Å². The molecule has 1 saturated heterocycles. The lowest BCUT2D eigenvalue weighted by Gasteiger charge is -2.12. The Morgan fingerprint density at radius 1 is 1.59 bits per heavy atom. The Labute approximate surface area is 103 Å². The van der Waals surface area contributed by atoms with Crippen LogP contribution < -0.4 is 10.1 Å². The quantitative estimate of drug-likeness (QED) is 0.830. The molecule has 1 aromatic heterocycles. The molecule has 0 saturated carbocycles. The second-order valence-corrected chi connectivity index (χ2v) is 4.72. The summed E-state index contributed by atoms with van der Waals surface area (Å²) in [5, 5.41) is 3.49. The minimum Gasteiger partial charge on any atom is -0.481 e. The van der Waals surface area contributed by atoms with Gasteiger partial charge in [-0.05, 0) is 38.5 Å². The van der Waals surface area contributed by atoms with E-state index in [2.05, 4.69) is 28.3 Å². The smallest absolute Gasteiger partial charge is 0.217 e. The van der Waals surface area contributed by atoms with Crippen LogP contribution in [-0.2, 0) is 6.54 Å². The van der Waals surface area contributed by atoms with Gasteiger partial charge in [0, 0.05) is 24.8 Å². The van der Waals surface area contributed by atoms with Crippen LogP contribution in [0.5, 0.6) is 5.88 Å². The van der Waals surface area contributed by atoms with Crippen LogP contribution in [0.25, 0.3) is 0 Å². The number of methoxy groups -OCH3 is 1. The van der Waals surface area contributed by atoms with Crippen molar-refractivity contribution in [2.45, 2.75) is 13.0 Å². The molecule has 0 bridgehead atoms. The van der Waals surface area contributed by atoms with Gasteiger partial charge in [-0.3, -0.25) is 0 Å². The highest BCUT2D eigenvalue weighted by Crippen LogP contribution is 2.15. The van der Waals surface area contributed by atoms with Crippen LogP contribution in [0.15, 0.2) is 18.3 Å². The van der Waals surface area contributed by atoms with Crippen LogP contribution in [0.1, 0.15) is 12.0 Å². The summed E-state index contributed by atoms with van der Waals surface area (Å²) in [7, 11) is 3.85. The Kier molecular flexibility index (Phi) is 4.34. The lowest BCUT2D eigenvalue weighted by atomic mass is 10.1. The molecule has 1 aromatic rings. The van der Waals surface area contributed by atoms with E-state index in [1.807, 2.05) is 6.07 Å². The maximum Gasteiger partial charge on any atom is 0.217 e. The average Bonchev–Trinajstić information content (AvgIpc) is 2.76. The predicted octanol–water partition coefficient (Wildman–Crippen LogP) is 1.13. The molecule has 1 unspecified atom stereocenters. The second kappa shape index (κ2) is 5.98. The van der Waals surface area contributed by atoms with E-state index < -0.39 is 0 Å². The first-order valence-electron chi connectivity index (χ1n) is 6.16. The highest BCUT2D eigenvalue weighted by atomic mass is 16.5. The summed E-state index contributed by atoms with van der Waals surface area (Å²) in [5.41, 5.74) is 1.13. The number of nitrogens with zero attached hydrogens (tertiary/aromatic N) is 2. The van der Waals surface area contributed by atoms with Crippen LogP contribution in [0.3, 0.4) is 0 Å². The van der Waals surface area contributed by atoms with Crippen molar-refractivity contribution < 1.29 is 4.74 Å². The van der Waals surface area contributed by atoms with Crippen LogP contribution in [0, 0.1) is 5.92 Å². The molecule has 1 aliphatic rings. The van der Waals surface area contributed by atoms with E-state index in [-0.39, 0.29) is 0 Å². The molecule has 0 spiro atoms. The molecule has 2 rings (SSSR count). The molecule has 1 N–H and O–H groups in total. The number of hydrogen-bond donors (Lipinski definition) is 1. The van der Waals surface area contributed by atoms with E-state index >= 15 is 0 Å². The van der Waals surface area contributed by atoms with Crippen molar-refractivity contribution in [1.82, 2.24) is 15.2 Å². The largest absolute Gasteiger partial charge is 0.481 e.